The van der Waals surface area contributed by atoms with Gasteiger partial charge in [-0.05, 0) is 108 Å². The predicted molar refractivity (Wildman–Crippen MR) is 246 cm³/mol. The number of hydrogen-bond acceptors (Lipinski definition) is 2. The zero-order chi connectivity index (χ0) is 40.6. The van der Waals surface area contributed by atoms with E-state index in [1.807, 2.05) is 0 Å². The third-order valence-corrected chi connectivity index (χ3v) is 14.6. The van der Waals surface area contributed by atoms with Gasteiger partial charge >= 0.3 is 7.25 Å². The van der Waals surface area contributed by atoms with Gasteiger partial charge in [-0.15, -0.1) is 0 Å². The van der Waals surface area contributed by atoms with Crippen molar-refractivity contribution in [3.8, 4) is 0 Å². The fourth-order valence-corrected chi connectivity index (χ4v) is 12.2. The van der Waals surface area contributed by atoms with Crippen LogP contribution in [-0.2, 0) is 25.6 Å². The van der Waals surface area contributed by atoms with Crippen molar-refractivity contribution in [3.05, 3.63) is 183 Å². The maximum absolute atomic E-state index is 9.75. The van der Waals surface area contributed by atoms with Crippen LogP contribution in [0.3, 0.4) is 0 Å². The van der Waals surface area contributed by atoms with E-state index in [1.165, 1.54) is 68.6 Å². The average Bonchev–Trinajstić information content (AvgIpc) is 3.42. The molecule has 0 bridgehead atoms. The van der Waals surface area contributed by atoms with Crippen LogP contribution in [0.5, 0.6) is 0 Å². The molecule has 0 unspecified atom stereocenters. The third kappa shape index (κ3) is 10.2. The van der Waals surface area contributed by atoms with Gasteiger partial charge in [-0.2, -0.15) is 0 Å². The predicted octanol–water partition coefficient (Wildman–Crippen LogP) is 15.7. The molecule has 60 heavy (non-hydrogen) atoms. The van der Waals surface area contributed by atoms with E-state index in [-0.39, 0.29) is 19.5 Å². The normalized spacial score (nSPS) is 13.3. The molecule has 1 aliphatic rings. The molecular formula is C50H42BF4O2P2Rh-. The fourth-order valence-electron chi connectivity index (χ4n) is 7.88. The molecule has 10 rings (SSSR count). The number of aryl methyl sites for hydroxylation is 1. The summed E-state index contributed by atoms with van der Waals surface area (Å²) in [4.78, 5) is 0. The summed E-state index contributed by atoms with van der Waals surface area (Å²) in [7, 11) is -7.91. The third-order valence-electron chi connectivity index (χ3n) is 10.4. The van der Waals surface area contributed by atoms with Gasteiger partial charge in [0.05, 0.1) is 6.16 Å². The summed E-state index contributed by atoms with van der Waals surface area (Å²) in [5.41, 5.74) is 1.87. The topological polar surface area (TPSA) is 26.3 Å². The molecule has 0 aliphatic heterocycles. The number of fused-ring (bicyclic) bond motifs is 13. The molecule has 0 atom stereocenters. The molecule has 1 heterocycles. The van der Waals surface area contributed by atoms with E-state index >= 15 is 0 Å². The van der Waals surface area contributed by atoms with Gasteiger partial charge in [0.25, 0.3) is 0 Å². The summed E-state index contributed by atoms with van der Waals surface area (Å²) in [5, 5.41) is 14.5. The van der Waals surface area contributed by atoms with Gasteiger partial charge in [0.15, 0.2) is 0 Å². The van der Waals surface area contributed by atoms with Crippen molar-refractivity contribution >= 4 is 98.8 Å². The van der Waals surface area contributed by atoms with Crippen LogP contribution >= 0.6 is 15.9 Å². The molecule has 9 aromatic rings. The standard InChI is InChI=1S/C42H30O2P2.C8H12.BF4.Rh/c1-3-15-29(16-4-1)45(30-17-5-2-6-18-30)27-28-46-43-41-37-25-13-9-21-33(37)31-19-7-11-23-35(31)39(41)40-36-24-12-8-20-32(36)34-22-10-14-26-38(34)42(40)44-46;1-2-4-6-8-7-5-3-1;2-1(3,4)5;/h1-26H,27-28H2;1-2,7-8H,3-6H2;;/q;;-1;. The summed E-state index contributed by atoms with van der Waals surface area (Å²) < 4.78 is 53.5. The summed E-state index contributed by atoms with van der Waals surface area (Å²) in [6, 6.07) is 56.8. The van der Waals surface area contributed by atoms with Gasteiger partial charge in [0.2, 0.25) is 8.01 Å². The maximum Gasteiger partial charge on any atom is 0.673 e. The second-order valence-electron chi connectivity index (χ2n) is 14.2. The van der Waals surface area contributed by atoms with Crippen LogP contribution < -0.4 is 10.6 Å². The Kier molecular flexibility index (Phi) is 14.8. The van der Waals surface area contributed by atoms with Gasteiger partial charge in [-0.1, -0.05) is 158 Å². The minimum atomic E-state index is -6.00. The van der Waals surface area contributed by atoms with Crippen LogP contribution in [0.25, 0.3) is 65.0 Å². The minimum Gasteiger partial charge on any atom is -0.418 e. The molecule has 1 saturated carbocycles. The Morgan fingerprint density at radius 2 is 0.700 bits per heavy atom. The van der Waals surface area contributed by atoms with Crippen molar-refractivity contribution in [3.63, 3.8) is 0 Å². The second-order valence-corrected chi connectivity index (χ2v) is 18.1. The van der Waals surface area contributed by atoms with Crippen molar-refractivity contribution in [2.24, 2.45) is 0 Å². The van der Waals surface area contributed by atoms with Gasteiger partial charge < -0.3 is 25.7 Å². The zero-order valence-corrected chi connectivity index (χ0v) is 36.1. The van der Waals surface area contributed by atoms with Crippen molar-refractivity contribution in [1.29, 1.82) is 0 Å². The van der Waals surface area contributed by atoms with Crippen LogP contribution in [0.15, 0.2) is 166 Å². The van der Waals surface area contributed by atoms with Crippen LogP contribution in [0.4, 0.5) is 17.3 Å². The summed E-state index contributed by atoms with van der Waals surface area (Å²) in [6.45, 7) is 0. The monoisotopic (exact) mass is 926 g/mol. The van der Waals surface area contributed by atoms with Crippen molar-refractivity contribution in [2.45, 2.75) is 31.8 Å². The molecule has 305 valence electrons. The smallest absolute Gasteiger partial charge is 0.418 e. The molecule has 0 spiro atoms. The minimum absolute atomic E-state index is 0. The van der Waals surface area contributed by atoms with E-state index in [2.05, 4.69) is 183 Å². The van der Waals surface area contributed by atoms with Crippen LogP contribution in [0.2, 0.25) is 0 Å². The molecule has 2 nitrogen and oxygen atoms in total. The first-order valence-electron chi connectivity index (χ1n) is 19.9. The molecule has 0 saturated heterocycles. The van der Waals surface area contributed by atoms with Gasteiger partial charge in [-0.25, -0.2) is 0 Å². The largest absolute Gasteiger partial charge is 0.673 e. The summed E-state index contributed by atoms with van der Waals surface area (Å²) in [5.74, 6) is 0. The molecule has 0 N–H and O–H groups in total. The molecular weight excluding hydrogens is 884 g/mol. The van der Waals surface area contributed by atoms with Crippen molar-refractivity contribution in [1.82, 2.24) is 0 Å². The summed E-state index contributed by atoms with van der Waals surface area (Å²) >= 11 is 0. The number of rotatable bonds is 5. The van der Waals surface area contributed by atoms with E-state index in [4.69, 9.17) is 8.39 Å². The van der Waals surface area contributed by atoms with E-state index in [0.717, 1.165) is 45.0 Å². The molecule has 0 amide bonds. The first-order valence-corrected chi connectivity index (χ1v) is 22.8. The molecule has 1 aromatic heterocycles. The van der Waals surface area contributed by atoms with Crippen LogP contribution in [-0.4, -0.2) is 13.4 Å². The molecule has 10 heteroatoms. The fraction of sp³-hybridized carbons (Fsp3) is 0.120. The van der Waals surface area contributed by atoms with Gasteiger partial charge in [-0.3, -0.25) is 0 Å². The van der Waals surface area contributed by atoms with Crippen LogP contribution in [0.1, 0.15) is 25.7 Å². The average molecular weight is 927 g/mol. The number of benzene rings is 8. The molecule has 1 aliphatic carbocycles. The molecule has 5 radical (unpaired) electrons. The first-order chi connectivity index (χ1) is 28.8. The first kappa shape index (κ1) is 43.6. The van der Waals surface area contributed by atoms with Gasteiger partial charge in [0.1, 0.15) is 11.2 Å². The van der Waals surface area contributed by atoms with Crippen molar-refractivity contribution < 1.29 is 45.1 Å². The Morgan fingerprint density at radius 1 is 0.417 bits per heavy atom. The Bertz CT molecular complexity index is 2660. The molecule has 1 fully saturated rings. The van der Waals surface area contributed by atoms with E-state index in [9.17, 15) is 17.3 Å². The van der Waals surface area contributed by atoms with Crippen LogP contribution in [0, 0.1) is 25.7 Å². The van der Waals surface area contributed by atoms with E-state index in [1.54, 1.807) is 0 Å². The summed E-state index contributed by atoms with van der Waals surface area (Å²) in [6.07, 6.45) is 15.8. The molecule has 8 aromatic carbocycles. The SMILES string of the molecule is F[B-](F)(F)F.[CH]1[CH]CC[CH][CH]CC1.[Rh].c1ccc(P(CCp2oc3c4ccccc4c4ccccc4c3c3c4ccccc4c4ccccc4c3o2)c2ccccc2)cc1. The Morgan fingerprint density at radius 3 is 1.05 bits per heavy atom. The Hall–Kier alpha value is -4.46. The van der Waals surface area contributed by atoms with Crippen molar-refractivity contribution in [2.75, 3.05) is 6.16 Å². The number of hydrogen-bond donors (Lipinski definition) is 0. The van der Waals surface area contributed by atoms with E-state index < -0.39 is 23.2 Å². The zero-order valence-electron chi connectivity index (χ0n) is 32.7. The Labute approximate surface area is 363 Å². The Balaban J connectivity index is 0.000000337. The second kappa shape index (κ2) is 20.4. The quantitative estimate of drug-likeness (QED) is 0.0744. The van der Waals surface area contributed by atoms with Gasteiger partial charge in [0, 0.05) is 41.0 Å². The maximum atomic E-state index is 9.75. The number of halogens is 4. The van der Waals surface area contributed by atoms with E-state index in [0.29, 0.717) is 0 Å².